The highest BCUT2D eigenvalue weighted by molar-refractivity contribution is 5.86. The summed E-state index contributed by atoms with van der Waals surface area (Å²) >= 11 is 0. The van der Waals surface area contributed by atoms with E-state index in [4.69, 9.17) is 24.0 Å². The predicted molar refractivity (Wildman–Crippen MR) is 116 cm³/mol. The first kappa shape index (κ1) is 24.9. The average molecular weight is 498 g/mol. The van der Waals surface area contributed by atoms with E-state index in [-0.39, 0.29) is 43.6 Å². The quantitative estimate of drug-likeness (QED) is 0.425. The van der Waals surface area contributed by atoms with Crippen LogP contribution in [0.2, 0.25) is 0 Å². The number of β-amino-alcohol motifs (C(OH)–C–C–N with tert-alkyl or cyclic N) is 1. The van der Waals surface area contributed by atoms with Crippen molar-refractivity contribution in [3.63, 3.8) is 0 Å². The number of carbonyl (C=O) groups excluding carboxylic acids is 2. The Bertz CT molecular complexity index is 882. The van der Waals surface area contributed by atoms with Gasteiger partial charge in [0.15, 0.2) is 11.9 Å². The van der Waals surface area contributed by atoms with Crippen LogP contribution in [0.15, 0.2) is 0 Å². The van der Waals surface area contributed by atoms with Crippen LogP contribution in [0.1, 0.15) is 65.7 Å². The van der Waals surface area contributed by atoms with Crippen molar-refractivity contribution in [3.05, 3.63) is 0 Å². The summed E-state index contributed by atoms with van der Waals surface area (Å²) in [5, 5.41) is 19.1. The number of fused-ring (bicyclic) bond motifs is 2. The van der Waals surface area contributed by atoms with E-state index in [0.717, 1.165) is 24.2 Å². The molecule has 5 saturated heterocycles. The normalized spacial score (nSPS) is 46.6. The molecule has 0 radical (unpaired) electrons. The second-order valence-electron chi connectivity index (χ2n) is 11.1. The smallest absolute Gasteiger partial charge is 0.326 e. The van der Waals surface area contributed by atoms with Crippen LogP contribution in [0, 0.1) is 23.7 Å². The molecule has 6 rings (SSSR count). The Morgan fingerprint density at radius 1 is 1.09 bits per heavy atom. The number of aliphatic hydroxyl groups excluding tert-OH is 1. The fraction of sp³-hybridized carbons (Fsp3) is 0.875. The van der Waals surface area contributed by atoms with Crippen molar-refractivity contribution in [2.45, 2.75) is 102 Å². The molecule has 35 heavy (non-hydrogen) atoms. The summed E-state index contributed by atoms with van der Waals surface area (Å²) < 4.78 is 18.2. The molecule has 11 nitrogen and oxygen atoms in total. The number of hydrogen-bond donors (Lipinski definition) is 2. The van der Waals surface area contributed by atoms with Gasteiger partial charge in [0, 0.05) is 37.6 Å². The van der Waals surface area contributed by atoms with Crippen molar-refractivity contribution < 1.29 is 48.6 Å². The lowest BCUT2D eigenvalue weighted by atomic mass is 9.58. The maximum absolute atomic E-state index is 12.7. The van der Waals surface area contributed by atoms with Gasteiger partial charge in [0.05, 0.1) is 12.5 Å². The molecule has 5 aliphatic heterocycles. The first-order valence-electron chi connectivity index (χ1n) is 12.6. The van der Waals surface area contributed by atoms with Crippen LogP contribution in [0.5, 0.6) is 0 Å². The van der Waals surface area contributed by atoms with E-state index in [1.54, 1.807) is 0 Å². The fourth-order valence-electron chi connectivity index (χ4n) is 6.87. The molecule has 4 unspecified atom stereocenters. The molecule has 10 atom stereocenters. The molecule has 2 bridgehead atoms. The van der Waals surface area contributed by atoms with Crippen LogP contribution >= 0.6 is 0 Å². The van der Waals surface area contributed by atoms with Crippen LogP contribution in [-0.2, 0) is 38.4 Å². The van der Waals surface area contributed by atoms with Gasteiger partial charge in [-0.3, -0.25) is 9.59 Å². The van der Waals surface area contributed by atoms with Gasteiger partial charge in [-0.25, -0.2) is 14.6 Å². The molecule has 11 heteroatoms. The van der Waals surface area contributed by atoms with E-state index in [1.807, 2.05) is 13.8 Å². The highest BCUT2D eigenvalue weighted by Gasteiger charge is 2.69. The summed E-state index contributed by atoms with van der Waals surface area (Å²) in [6, 6.07) is -1.08. The number of esters is 1. The van der Waals surface area contributed by atoms with Crippen LogP contribution in [0.4, 0.5) is 0 Å². The second kappa shape index (κ2) is 8.95. The number of carboxylic acid groups (broad SMARTS) is 1. The molecular formula is C24H35NO10. The number of likely N-dealkylation sites (tertiary alicyclic amines) is 1. The Morgan fingerprint density at radius 3 is 2.60 bits per heavy atom. The van der Waals surface area contributed by atoms with Gasteiger partial charge in [0.2, 0.25) is 18.0 Å². The molecule has 1 aliphatic carbocycles. The molecule has 1 spiro atoms. The fourth-order valence-corrected chi connectivity index (χ4v) is 6.87. The number of amides is 1. The molecule has 1 amide bonds. The number of ether oxygens (including phenoxy) is 3. The molecule has 196 valence electrons. The summed E-state index contributed by atoms with van der Waals surface area (Å²) in [6.07, 6.45) is 0.530. The summed E-state index contributed by atoms with van der Waals surface area (Å²) in [5.74, 6) is -2.78. The molecule has 0 aromatic rings. The number of nitrogens with zero attached hydrogens (tertiary/aromatic N) is 1. The molecule has 0 aromatic carbocycles. The van der Waals surface area contributed by atoms with Gasteiger partial charge in [0.1, 0.15) is 6.04 Å². The first-order valence-corrected chi connectivity index (χ1v) is 12.6. The molecule has 6 aliphatic rings. The second-order valence-corrected chi connectivity index (χ2v) is 11.1. The lowest BCUT2D eigenvalue weighted by Gasteiger charge is -2.59. The summed E-state index contributed by atoms with van der Waals surface area (Å²) in [6.45, 7) is 5.96. The number of carbonyl (C=O) groups is 3. The average Bonchev–Trinajstić information content (AvgIpc) is 3.06. The largest absolute Gasteiger partial charge is 0.480 e. The zero-order valence-corrected chi connectivity index (χ0v) is 20.4. The topological polar surface area (TPSA) is 141 Å². The SMILES string of the molecule is C[C@H]1[C@H](OC(=O)CCC(=O)N2CC(O)CC2C(=O)O)O[C@@H]2OC3(C)CC[C@H]4[C@H](C)CC[C@@H]1C24OO3. The maximum Gasteiger partial charge on any atom is 0.326 e. The van der Waals surface area contributed by atoms with Gasteiger partial charge in [-0.15, -0.1) is 0 Å². The van der Waals surface area contributed by atoms with E-state index >= 15 is 0 Å². The zero-order valence-electron chi connectivity index (χ0n) is 20.4. The molecule has 5 heterocycles. The Morgan fingerprint density at radius 2 is 1.86 bits per heavy atom. The monoisotopic (exact) mass is 497 g/mol. The van der Waals surface area contributed by atoms with E-state index < -0.39 is 54.0 Å². The van der Waals surface area contributed by atoms with Crippen molar-refractivity contribution >= 4 is 17.8 Å². The highest BCUT2D eigenvalue weighted by atomic mass is 17.3. The van der Waals surface area contributed by atoms with Gasteiger partial charge in [-0.2, -0.15) is 0 Å². The zero-order chi connectivity index (χ0) is 25.1. The number of rotatable bonds is 5. The van der Waals surface area contributed by atoms with Gasteiger partial charge in [0.25, 0.3) is 0 Å². The Labute approximate surface area is 203 Å². The van der Waals surface area contributed by atoms with Crippen LogP contribution < -0.4 is 0 Å². The van der Waals surface area contributed by atoms with Crippen molar-refractivity contribution in [2.75, 3.05) is 6.54 Å². The number of hydrogen-bond acceptors (Lipinski definition) is 9. The van der Waals surface area contributed by atoms with E-state index in [9.17, 15) is 24.6 Å². The van der Waals surface area contributed by atoms with Crippen molar-refractivity contribution in [1.82, 2.24) is 4.90 Å². The van der Waals surface area contributed by atoms with E-state index in [1.165, 1.54) is 0 Å². The third kappa shape index (κ3) is 4.15. The highest BCUT2D eigenvalue weighted by Crippen LogP contribution is 2.60. The van der Waals surface area contributed by atoms with E-state index in [2.05, 4.69) is 6.92 Å². The number of carboxylic acids is 1. The number of aliphatic carboxylic acids is 1. The van der Waals surface area contributed by atoms with Crippen molar-refractivity contribution in [2.24, 2.45) is 23.7 Å². The Kier molecular flexibility index (Phi) is 6.36. The minimum absolute atomic E-state index is 0.00643. The lowest BCUT2D eigenvalue weighted by molar-refractivity contribution is -0.576. The summed E-state index contributed by atoms with van der Waals surface area (Å²) in [7, 11) is 0. The standard InChI is InChI=1S/C24H35NO10/c1-12-4-5-16-13(2)21(32-22-24(16)15(12)8-9-23(3,33-22)34-35-24)31-19(28)7-6-18(27)25-11-14(26)10-17(25)20(29)30/h12-17,21-22,26H,4-11H2,1-3H3,(H,29,30)/t12-,13-,14?,15+,16+,17?,21-,22-,23?,24?/m1/s1. The van der Waals surface area contributed by atoms with Gasteiger partial charge in [-0.05, 0) is 38.0 Å². The van der Waals surface area contributed by atoms with Gasteiger partial charge < -0.3 is 29.3 Å². The molecule has 1 saturated carbocycles. The first-order chi connectivity index (χ1) is 16.5. The predicted octanol–water partition coefficient (Wildman–Crippen LogP) is 1.56. The molecule has 2 N–H and O–H groups in total. The van der Waals surface area contributed by atoms with E-state index in [0.29, 0.717) is 12.3 Å². The van der Waals surface area contributed by atoms with Crippen LogP contribution in [0.25, 0.3) is 0 Å². The third-order valence-corrected chi connectivity index (χ3v) is 8.77. The molecular weight excluding hydrogens is 462 g/mol. The van der Waals surface area contributed by atoms with Crippen LogP contribution in [0.3, 0.4) is 0 Å². The number of aliphatic hydroxyl groups is 1. The van der Waals surface area contributed by atoms with Crippen LogP contribution in [-0.4, -0.2) is 75.6 Å². The summed E-state index contributed by atoms with van der Waals surface area (Å²) in [5.41, 5.74) is -0.756. The van der Waals surface area contributed by atoms with Crippen molar-refractivity contribution in [1.29, 1.82) is 0 Å². The van der Waals surface area contributed by atoms with Gasteiger partial charge >= 0.3 is 11.9 Å². The minimum Gasteiger partial charge on any atom is -0.480 e. The van der Waals surface area contributed by atoms with Gasteiger partial charge in [-0.1, -0.05) is 13.8 Å². The summed E-state index contributed by atoms with van der Waals surface area (Å²) in [4.78, 5) is 49.6. The maximum atomic E-state index is 12.7. The molecule has 0 aromatic heterocycles. The minimum atomic E-state index is -1.17. The Hall–Kier alpha value is -1.79. The third-order valence-electron chi connectivity index (χ3n) is 8.77. The van der Waals surface area contributed by atoms with Crippen molar-refractivity contribution in [3.8, 4) is 0 Å². The molecule has 6 fully saturated rings. The lowest BCUT2D eigenvalue weighted by Crippen LogP contribution is -2.70. The Balaban J connectivity index is 1.24.